The van der Waals surface area contributed by atoms with Gasteiger partial charge in [0.2, 0.25) is 0 Å². The van der Waals surface area contributed by atoms with Crippen LogP contribution < -0.4 is 5.32 Å². The van der Waals surface area contributed by atoms with E-state index in [0.717, 1.165) is 0 Å². The van der Waals surface area contributed by atoms with Crippen LogP contribution in [0.4, 0.5) is 0 Å². The van der Waals surface area contributed by atoms with Gasteiger partial charge in [0.15, 0.2) is 0 Å². The second kappa shape index (κ2) is 8.25. The van der Waals surface area contributed by atoms with Crippen LogP contribution in [0.25, 0.3) is 0 Å². The Kier molecular flexibility index (Phi) is 8.20. The first kappa shape index (κ1) is 13.9. The Morgan fingerprint density at radius 2 is 1.86 bits per heavy atom. The Balaban J connectivity index is 4.06. The highest BCUT2D eigenvalue weighted by molar-refractivity contribution is 4.78. The molecule has 0 spiro atoms. The van der Waals surface area contributed by atoms with E-state index in [1.807, 2.05) is 0 Å². The molecule has 0 aliphatic heterocycles. The number of hydrogen-bond acceptors (Lipinski definition) is 2. The van der Waals surface area contributed by atoms with E-state index in [2.05, 4.69) is 45.0 Å². The number of rotatable bonds is 8. The monoisotopic (exact) mass is 200 g/mol. The Bertz CT molecular complexity index is 121. The van der Waals surface area contributed by atoms with E-state index in [9.17, 15) is 0 Å². The van der Waals surface area contributed by atoms with Crippen molar-refractivity contribution < 1.29 is 0 Å². The van der Waals surface area contributed by atoms with Gasteiger partial charge >= 0.3 is 0 Å². The molecule has 1 N–H and O–H groups in total. The van der Waals surface area contributed by atoms with Crippen LogP contribution in [-0.2, 0) is 0 Å². The lowest BCUT2D eigenvalue weighted by Gasteiger charge is -2.33. The van der Waals surface area contributed by atoms with Gasteiger partial charge in [0.05, 0.1) is 0 Å². The molecule has 0 bridgehead atoms. The molecule has 2 unspecified atom stereocenters. The summed E-state index contributed by atoms with van der Waals surface area (Å²) in [6, 6.07) is 1.29. The summed E-state index contributed by atoms with van der Waals surface area (Å²) >= 11 is 0. The van der Waals surface area contributed by atoms with Gasteiger partial charge in [-0.05, 0) is 39.9 Å². The third-order valence-electron chi connectivity index (χ3n) is 3.17. The zero-order chi connectivity index (χ0) is 11.0. The first-order valence-electron chi connectivity index (χ1n) is 6.12. The van der Waals surface area contributed by atoms with E-state index in [4.69, 9.17) is 0 Å². The maximum atomic E-state index is 3.40. The minimum Gasteiger partial charge on any atom is -0.315 e. The maximum Gasteiger partial charge on any atom is 0.0220 e. The second-order valence-electron chi connectivity index (χ2n) is 4.03. The number of nitrogens with one attached hydrogen (secondary N) is 1. The van der Waals surface area contributed by atoms with Crippen LogP contribution in [0.15, 0.2) is 0 Å². The molecule has 2 heteroatoms. The van der Waals surface area contributed by atoms with E-state index in [0.29, 0.717) is 12.1 Å². The molecule has 0 rings (SSSR count). The van der Waals surface area contributed by atoms with Crippen LogP contribution in [0.2, 0.25) is 0 Å². The van der Waals surface area contributed by atoms with Crippen molar-refractivity contribution in [2.45, 2.75) is 59.0 Å². The summed E-state index contributed by atoms with van der Waals surface area (Å²) in [6.45, 7) is 11.5. The minimum atomic E-state index is 0.631. The topological polar surface area (TPSA) is 15.3 Å². The predicted octanol–water partition coefficient (Wildman–Crippen LogP) is 2.49. The van der Waals surface area contributed by atoms with Gasteiger partial charge in [0, 0.05) is 12.1 Å². The van der Waals surface area contributed by atoms with Crippen molar-refractivity contribution in [3.05, 3.63) is 0 Å². The quantitative estimate of drug-likeness (QED) is 0.647. The van der Waals surface area contributed by atoms with Gasteiger partial charge in [0.1, 0.15) is 0 Å². The minimum absolute atomic E-state index is 0.631. The average molecular weight is 200 g/mol. The first-order chi connectivity index (χ1) is 6.71. The van der Waals surface area contributed by atoms with E-state index < -0.39 is 0 Å². The normalized spacial score (nSPS) is 15.9. The van der Waals surface area contributed by atoms with Crippen molar-refractivity contribution in [2.75, 3.05) is 20.1 Å². The van der Waals surface area contributed by atoms with E-state index in [1.54, 1.807) is 0 Å². The molecule has 0 saturated heterocycles. The highest BCUT2D eigenvalue weighted by atomic mass is 15.2. The molecule has 0 aromatic heterocycles. The molecule has 0 radical (unpaired) electrons. The summed E-state index contributed by atoms with van der Waals surface area (Å²) in [6.07, 6.45) is 3.82. The van der Waals surface area contributed by atoms with Crippen molar-refractivity contribution in [3.8, 4) is 0 Å². The molecule has 0 fully saturated rings. The van der Waals surface area contributed by atoms with Gasteiger partial charge < -0.3 is 5.32 Å². The van der Waals surface area contributed by atoms with Gasteiger partial charge in [-0.1, -0.05) is 27.2 Å². The number of unbranched alkanes of at least 4 members (excludes halogenated alkanes) is 1. The molecule has 0 aromatic carbocycles. The second-order valence-corrected chi connectivity index (χ2v) is 4.03. The van der Waals surface area contributed by atoms with Crippen LogP contribution in [0.1, 0.15) is 47.0 Å². The van der Waals surface area contributed by atoms with Gasteiger partial charge in [-0.15, -0.1) is 0 Å². The maximum absolute atomic E-state index is 3.40. The molecular formula is C12H28N2. The molecule has 0 aliphatic carbocycles. The van der Waals surface area contributed by atoms with Gasteiger partial charge in [0.25, 0.3) is 0 Å². The van der Waals surface area contributed by atoms with Crippen molar-refractivity contribution in [3.63, 3.8) is 0 Å². The largest absolute Gasteiger partial charge is 0.315 e. The fourth-order valence-corrected chi connectivity index (χ4v) is 2.05. The molecule has 0 saturated carbocycles. The zero-order valence-corrected chi connectivity index (χ0v) is 10.6. The summed E-state index contributed by atoms with van der Waals surface area (Å²) in [4.78, 5) is 2.58. The molecule has 0 amide bonds. The van der Waals surface area contributed by atoms with Crippen molar-refractivity contribution in [2.24, 2.45) is 0 Å². The standard InChI is InChI=1S/C12H28N2/c1-6-9-10-14(8-3)11(4)12(7-2)13-5/h11-13H,6-10H2,1-5H3. The number of nitrogens with zero attached hydrogens (tertiary/aromatic N) is 1. The highest BCUT2D eigenvalue weighted by Gasteiger charge is 2.18. The van der Waals surface area contributed by atoms with Crippen LogP contribution in [0.3, 0.4) is 0 Å². The number of hydrogen-bond donors (Lipinski definition) is 1. The van der Waals surface area contributed by atoms with Crippen molar-refractivity contribution in [1.29, 1.82) is 0 Å². The lowest BCUT2D eigenvalue weighted by atomic mass is 10.1. The third-order valence-corrected chi connectivity index (χ3v) is 3.17. The molecule has 86 valence electrons. The van der Waals surface area contributed by atoms with Crippen LogP contribution in [0, 0.1) is 0 Å². The van der Waals surface area contributed by atoms with Crippen LogP contribution >= 0.6 is 0 Å². The van der Waals surface area contributed by atoms with Gasteiger partial charge in [-0.25, -0.2) is 0 Å². The summed E-state index contributed by atoms with van der Waals surface area (Å²) in [5.41, 5.74) is 0. The molecule has 0 aliphatic rings. The average Bonchev–Trinajstić information content (AvgIpc) is 2.21. The summed E-state index contributed by atoms with van der Waals surface area (Å²) in [7, 11) is 2.07. The Morgan fingerprint density at radius 1 is 1.21 bits per heavy atom. The number of likely N-dealkylation sites (N-methyl/N-ethyl adjacent to an activating group) is 2. The highest BCUT2D eigenvalue weighted by Crippen LogP contribution is 2.08. The molecule has 2 nitrogen and oxygen atoms in total. The lowest BCUT2D eigenvalue weighted by Crippen LogP contribution is -2.47. The van der Waals surface area contributed by atoms with Gasteiger partial charge in [-0.3, -0.25) is 4.90 Å². The van der Waals surface area contributed by atoms with Crippen molar-refractivity contribution in [1.82, 2.24) is 10.2 Å². The van der Waals surface area contributed by atoms with Crippen LogP contribution in [-0.4, -0.2) is 37.1 Å². The fraction of sp³-hybridized carbons (Fsp3) is 1.00. The zero-order valence-electron chi connectivity index (χ0n) is 10.6. The Morgan fingerprint density at radius 3 is 2.21 bits per heavy atom. The molecule has 14 heavy (non-hydrogen) atoms. The Hall–Kier alpha value is -0.0800. The first-order valence-corrected chi connectivity index (χ1v) is 6.12. The summed E-state index contributed by atoms with van der Waals surface area (Å²) < 4.78 is 0. The van der Waals surface area contributed by atoms with Crippen molar-refractivity contribution >= 4 is 0 Å². The fourth-order valence-electron chi connectivity index (χ4n) is 2.05. The third kappa shape index (κ3) is 4.43. The Labute approximate surface area is 90.1 Å². The predicted molar refractivity (Wildman–Crippen MR) is 64.8 cm³/mol. The molecule has 2 atom stereocenters. The summed E-state index contributed by atoms with van der Waals surface area (Å²) in [5, 5.41) is 3.40. The van der Waals surface area contributed by atoms with E-state index >= 15 is 0 Å². The SMILES string of the molecule is CCCCN(CC)C(C)C(CC)NC. The molecule has 0 aromatic rings. The van der Waals surface area contributed by atoms with Gasteiger partial charge in [-0.2, -0.15) is 0 Å². The molecule has 0 heterocycles. The molecular weight excluding hydrogens is 172 g/mol. The smallest absolute Gasteiger partial charge is 0.0220 e. The summed E-state index contributed by atoms with van der Waals surface area (Å²) in [5.74, 6) is 0. The van der Waals surface area contributed by atoms with Crippen LogP contribution in [0.5, 0.6) is 0 Å². The van der Waals surface area contributed by atoms with E-state index in [-0.39, 0.29) is 0 Å². The van der Waals surface area contributed by atoms with E-state index in [1.165, 1.54) is 32.4 Å². The lowest BCUT2D eigenvalue weighted by molar-refractivity contribution is 0.175.